The first kappa shape index (κ1) is 18.4. The highest BCUT2D eigenvalue weighted by Crippen LogP contribution is 2.29. The predicted molar refractivity (Wildman–Crippen MR) is 88.2 cm³/mol. The number of hydrogen-bond donors (Lipinski definition) is 1. The molecule has 0 bridgehead atoms. The highest BCUT2D eigenvalue weighted by atomic mass is 19.4. The standard InChI is InChI=1S/C18H14F3N3O3/c19-18(20,21)16-23-15(24-27-16)14-8-6-12(7-9-14)10-22-17(25)26-11-13-4-2-1-3-5-13/h1-9H,10-11H2,(H,22,25). The van der Waals surface area contributed by atoms with Gasteiger partial charge in [0, 0.05) is 12.1 Å². The minimum atomic E-state index is -4.69. The Hall–Kier alpha value is -3.36. The van der Waals surface area contributed by atoms with Gasteiger partial charge in [-0.2, -0.15) is 18.2 Å². The lowest BCUT2D eigenvalue weighted by Gasteiger charge is -2.07. The van der Waals surface area contributed by atoms with Gasteiger partial charge in [0.2, 0.25) is 5.82 Å². The number of rotatable bonds is 5. The fourth-order valence-corrected chi connectivity index (χ4v) is 2.18. The summed E-state index contributed by atoms with van der Waals surface area (Å²) in [7, 11) is 0. The molecule has 0 radical (unpaired) electrons. The van der Waals surface area contributed by atoms with E-state index in [0.29, 0.717) is 5.56 Å². The van der Waals surface area contributed by atoms with Gasteiger partial charge in [-0.3, -0.25) is 0 Å². The summed E-state index contributed by atoms with van der Waals surface area (Å²) < 4.78 is 46.7. The smallest absolute Gasteiger partial charge is 0.445 e. The van der Waals surface area contributed by atoms with Crippen LogP contribution in [0.25, 0.3) is 11.4 Å². The number of carbonyl (C=O) groups excluding carboxylic acids is 1. The summed E-state index contributed by atoms with van der Waals surface area (Å²) in [5.74, 6) is -1.56. The summed E-state index contributed by atoms with van der Waals surface area (Å²) in [6.07, 6.45) is -5.26. The Balaban J connectivity index is 1.52. The van der Waals surface area contributed by atoms with Gasteiger partial charge >= 0.3 is 18.2 Å². The molecule has 0 aliphatic carbocycles. The number of aromatic nitrogens is 2. The van der Waals surface area contributed by atoms with Crippen molar-refractivity contribution in [1.29, 1.82) is 0 Å². The zero-order valence-corrected chi connectivity index (χ0v) is 13.9. The second-order valence-electron chi connectivity index (χ2n) is 5.53. The highest BCUT2D eigenvalue weighted by molar-refractivity contribution is 5.67. The van der Waals surface area contributed by atoms with Crippen molar-refractivity contribution < 1.29 is 27.2 Å². The number of nitrogens with zero attached hydrogens (tertiary/aromatic N) is 2. The highest BCUT2D eigenvalue weighted by Gasteiger charge is 2.38. The average molecular weight is 377 g/mol. The van der Waals surface area contributed by atoms with Gasteiger partial charge in [0.05, 0.1) is 0 Å². The van der Waals surface area contributed by atoms with Crippen molar-refractivity contribution in [1.82, 2.24) is 15.5 Å². The Labute approximate surface area is 152 Å². The summed E-state index contributed by atoms with van der Waals surface area (Å²) >= 11 is 0. The van der Waals surface area contributed by atoms with E-state index >= 15 is 0 Å². The lowest BCUT2D eigenvalue weighted by molar-refractivity contribution is -0.159. The molecule has 27 heavy (non-hydrogen) atoms. The molecule has 0 aliphatic heterocycles. The van der Waals surface area contributed by atoms with Crippen LogP contribution in [0.2, 0.25) is 0 Å². The number of hydrogen-bond acceptors (Lipinski definition) is 5. The summed E-state index contributed by atoms with van der Waals surface area (Å²) in [4.78, 5) is 15.0. The van der Waals surface area contributed by atoms with Crippen molar-refractivity contribution in [3.8, 4) is 11.4 Å². The molecule has 0 saturated heterocycles. The van der Waals surface area contributed by atoms with Crippen molar-refractivity contribution in [2.75, 3.05) is 0 Å². The molecule has 0 aliphatic rings. The number of carbonyl (C=O) groups is 1. The lowest BCUT2D eigenvalue weighted by Crippen LogP contribution is -2.23. The third-order valence-electron chi connectivity index (χ3n) is 3.53. The number of benzene rings is 2. The molecule has 6 nitrogen and oxygen atoms in total. The van der Waals surface area contributed by atoms with Crippen molar-refractivity contribution >= 4 is 6.09 Å². The summed E-state index contributed by atoms with van der Waals surface area (Å²) in [6, 6.07) is 15.6. The monoisotopic (exact) mass is 377 g/mol. The van der Waals surface area contributed by atoms with E-state index in [1.165, 1.54) is 12.1 Å². The predicted octanol–water partition coefficient (Wildman–Crippen LogP) is 4.18. The van der Waals surface area contributed by atoms with Crippen LogP contribution >= 0.6 is 0 Å². The first-order chi connectivity index (χ1) is 12.9. The molecular formula is C18H14F3N3O3. The van der Waals surface area contributed by atoms with Crippen LogP contribution < -0.4 is 5.32 Å². The van der Waals surface area contributed by atoms with Crippen LogP contribution in [0.1, 0.15) is 17.0 Å². The largest absolute Gasteiger partial charge is 0.471 e. The van der Waals surface area contributed by atoms with Gasteiger partial charge < -0.3 is 14.6 Å². The third-order valence-corrected chi connectivity index (χ3v) is 3.53. The average Bonchev–Trinajstić information content (AvgIpc) is 3.17. The molecule has 0 spiro atoms. The maximum absolute atomic E-state index is 12.5. The molecule has 2 aromatic carbocycles. The van der Waals surface area contributed by atoms with Crippen molar-refractivity contribution in [3.63, 3.8) is 0 Å². The van der Waals surface area contributed by atoms with E-state index in [4.69, 9.17) is 4.74 Å². The second-order valence-corrected chi connectivity index (χ2v) is 5.53. The number of nitrogens with one attached hydrogen (secondary N) is 1. The van der Waals surface area contributed by atoms with Crippen LogP contribution in [-0.4, -0.2) is 16.2 Å². The van der Waals surface area contributed by atoms with Crippen LogP contribution in [0.5, 0.6) is 0 Å². The molecule has 3 aromatic rings. The number of alkyl halides is 3. The van der Waals surface area contributed by atoms with Crippen LogP contribution in [0, 0.1) is 0 Å². The number of ether oxygens (including phenoxy) is 1. The molecule has 9 heteroatoms. The van der Waals surface area contributed by atoms with Gasteiger partial charge in [-0.05, 0) is 11.1 Å². The van der Waals surface area contributed by atoms with Crippen LogP contribution in [0.4, 0.5) is 18.0 Å². The number of halogens is 3. The van der Waals surface area contributed by atoms with Crippen molar-refractivity contribution in [2.45, 2.75) is 19.3 Å². The Kier molecular flexibility index (Phi) is 5.39. The zero-order valence-electron chi connectivity index (χ0n) is 13.9. The molecule has 3 rings (SSSR count). The molecule has 0 saturated carbocycles. The molecule has 140 valence electrons. The van der Waals surface area contributed by atoms with Gasteiger partial charge in [0.1, 0.15) is 6.61 Å². The minimum absolute atomic E-state index is 0.158. The summed E-state index contributed by atoms with van der Waals surface area (Å²) in [5, 5.41) is 5.91. The van der Waals surface area contributed by atoms with E-state index in [9.17, 15) is 18.0 Å². The third kappa shape index (κ3) is 5.06. The summed E-state index contributed by atoms with van der Waals surface area (Å²) in [6.45, 7) is 0.360. The van der Waals surface area contributed by atoms with E-state index in [0.717, 1.165) is 11.1 Å². The van der Waals surface area contributed by atoms with Crippen molar-refractivity contribution in [3.05, 3.63) is 71.6 Å². The molecular weight excluding hydrogens is 363 g/mol. The van der Waals surface area contributed by atoms with Crippen molar-refractivity contribution in [2.24, 2.45) is 0 Å². The first-order valence-electron chi connectivity index (χ1n) is 7.86. The molecule has 0 atom stereocenters. The van der Waals surface area contributed by atoms with Gasteiger partial charge in [-0.1, -0.05) is 59.8 Å². The van der Waals surface area contributed by atoms with Gasteiger partial charge in [0.25, 0.3) is 0 Å². The van der Waals surface area contributed by atoms with Gasteiger partial charge in [0.15, 0.2) is 0 Å². The second kappa shape index (κ2) is 7.90. The Morgan fingerprint density at radius 2 is 1.74 bits per heavy atom. The molecule has 0 fully saturated rings. The van der Waals surface area contributed by atoms with Crippen LogP contribution in [-0.2, 0) is 24.1 Å². The lowest BCUT2D eigenvalue weighted by atomic mass is 10.1. The normalized spacial score (nSPS) is 11.2. The van der Waals surface area contributed by atoms with E-state index < -0.39 is 18.2 Å². The Morgan fingerprint density at radius 1 is 1.04 bits per heavy atom. The molecule has 0 unspecified atom stereocenters. The van der Waals surface area contributed by atoms with E-state index in [1.54, 1.807) is 12.1 Å². The van der Waals surface area contributed by atoms with E-state index in [1.807, 2.05) is 30.3 Å². The number of amides is 1. The topological polar surface area (TPSA) is 77.3 Å². The first-order valence-corrected chi connectivity index (χ1v) is 7.86. The van der Waals surface area contributed by atoms with Gasteiger partial charge in [-0.25, -0.2) is 4.79 Å². The van der Waals surface area contributed by atoms with Crippen LogP contribution in [0.15, 0.2) is 59.1 Å². The fraction of sp³-hybridized carbons (Fsp3) is 0.167. The maximum Gasteiger partial charge on any atom is 0.471 e. The quantitative estimate of drug-likeness (QED) is 0.722. The molecule has 1 heterocycles. The molecule has 1 aromatic heterocycles. The molecule has 1 N–H and O–H groups in total. The SMILES string of the molecule is O=C(NCc1ccc(-c2noc(C(F)(F)F)n2)cc1)OCc1ccccc1. The van der Waals surface area contributed by atoms with E-state index in [2.05, 4.69) is 20.0 Å². The zero-order chi connectivity index (χ0) is 19.3. The minimum Gasteiger partial charge on any atom is -0.445 e. The maximum atomic E-state index is 12.5. The Morgan fingerprint density at radius 3 is 2.37 bits per heavy atom. The number of alkyl carbamates (subject to hydrolysis) is 1. The van der Waals surface area contributed by atoms with Crippen LogP contribution in [0.3, 0.4) is 0 Å². The molecule has 1 amide bonds. The fourth-order valence-electron chi connectivity index (χ4n) is 2.18. The Bertz CT molecular complexity index is 893. The summed E-state index contributed by atoms with van der Waals surface area (Å²) in [5.41, 5.74) is 1.97. The van der Waals surface area contributed by atoms with E-state index in [-0.39, 0.29) is 19.0 Å². The van der Waals surface area contributed by atoms with Gasteiger partial charge in [-0.15, -0.1) is 0 Å².